The topological polar surface area (TPSA) is 48.4 Å². The first-order valence-electron chi connectivity index (χ1n) is 7.98. The number of hydrogen-bond donors (Lipinski definition) is 0. The monoisotopic (exact) mass is 309 g/mol. The normalized spacial score (nSPS) is 22.9. The smallest absolute Gasteiger partial charge is 0.308 e. The van der Waals surface area contributed by atoms with Crippen LogP contribution >= 0.6 is 0 Å². The maximum atomic E-state index is 12.6. The molecule has 1 heterocycles. The number of ether oxygens (including phenoxy) is 2. The molecule has 1 aromatic heterocycles. The molecule has 0 aliphatic heterocycles. The fraction of sp³-hybridized carbons (Fsp3) is 0.647. The molecule has 1 unspecified atom stereocenters. The van der Waals surface area contributed by atoms with Gasteiger partial charge in [-0.3, -0.25) is 9.78 Å². The van der Waals surface area contributed by atoms with Gasteiger partial charge in [0.1, 0.15) is 12.4 Å². The Kier molecular flexibility index (Phi) is 6.16. The molecule has 5 heteroatoms. The molecule has 1 saturated carbocycles. The zero-order chi connectivity index (χ0) is 15.9. The molecule has 1 atom stereocenters. The van der Waals surface area contributed by atoms with Crippen LogP contribution in [0.15, 0.2) is 18.3 Å². The van der Waals surface area contributed by atoms with Crippen molar-refractivity contribution >= 4 is 5.97 Å². The molecule has 0 aromatic carbocycles. The van der Waals surface area contributed by atoms with Crippen LogP contribution in [0.5, 0.6) is 5.75 Å². The van der Waals surface area contributed by atoms with Crippen LogP contribution in [0, 0.1) is 11.8 Å². The summed E-state index contributed by atoms with van der Waals surface area (Å²) in [4.78, 5) is 15.7. The van der Waals surface area contributed by atoms with Gasteiger partial charge < -0.3 is 9.47 Å². The van der Waals surface area contributed by atoms with Crippen molar-refractivity contribution in [1.82, 2.24) is 4.98 Å². The summed E-state index contributed by atoms with van der Waals surface area (Å²) >= 11 is 0. The van der Waals surface area contributed by atoms with Gasteiger partial charge >= 0.3 is 5.97 Å². The van der Waals surface area contributed by atoms with Crippen LogP contribution in [0.1, 0.15) is 45.2 Å². The number of rotatable bonds is 6. The molecule has 0 N–H and O–H groups in total. The Morgan fingerprint density at radius 2 is 2.14 bits per heavy atom. The van der Waals surface area contributed by atoms with Crippen LogP contribution in [0.2, 0.25) is 0 Å². The Labute approximate surface area is 131 Å². The van der Waals surface area contributed by atoms with Crippen molar-refractivity contribution < 1.29 is 18.7 Å². The van der Waals surface area contributed by atoms with E-state index >= 15 is 0 Å². The molecule has 1 aliphatic carbocycles. The molecular formula is C17H24FNO3. The molecular weight excluding hydrogens is 285 g/mol. The summed E-state index contributed by atoms with van der Waals surface area (Å²) in [6, 6.07) is 3.40. The highest BCUT2D eigenvalue weighted by Gasteiger charge is 2.30. The highest BCUT2D eigenvalue weighted by molar-refractivity contribution is 5.72. The van der Waals surface area contributed by atoms with Gasteiger partial charge in [-0.15, -0.1) is 0 Å². The number of pyridine rings is 1. The third-order valence-corrected chi connectivity index (χ3v) is 4.31. The maximum Gasteiger partial charge on any atom is 0.308 e. The van der Waals surface area contributed by atoms with Crippen LogP contribution in [-0.2, 0) is 16.2 Å². The highest BCUT2D eigenvalue weighted by atomic mass is 19.1. The molecule has 22 heavy (non-hydrogen) atoms. The Morgan fingerprint density at radius 1 is 1.41 bits per heavy atom. The number of carbonyl (C=O) groups excluding carboxylic acids is 1. The van der Waals surface area contributed by atoms with Crippen molar-refractivity contribution in [3.05, 3.63) is 24.0 Å². The summed E-state index contributed by atoms with van der Waals surface area (Å²) in [5.41, 5.74) is 0.391. The van der Waals surface area contributed by atoms with E-state index in [0.717, 1.165) is 25.7 Å². The summed E-state index contributed by atoms with van der Waals surface area (Å²) < 4.78 is 23.6. The molecule has 0 spiro atoms. The van der Waals surface area contributed by atoms with E-state index in [0.29, 0.717) is 24.0 Å². The number of nitrogens with zero attached hydrogens (tertiary/aromatic N) is 1. The Balaban J connectivity index is 1.83. The predicted octanol–water partition coefficient (Wildman–Crippen LogP) is 3.69. The first-order chi connectivity index (χ1) is 10.6. The van der Waals surface area contributed by atoms with E-state index in [9.17, 15) is 9.18 Å². The number of halogens is 1. The maximum absolute atomic E-state index is 12.6. The van der Waals surface area contributed by atoms with E-state index < -0.39 is 6.67 Å². The van der Waals surface area contributed by atoms with Crippen LogP contribution in [0.4, 0.5) is 4.39 Å². The van der Waals surface area contributed by atoms with E-state index in [4.69, 9.17) is 9.47 Å². The van der Waals surface area contributed by atoms with Gasteiger partial charge in [0.15, 0.2) is 0 Å². The van der Waals surface area contributed by atoms with Gasteiger partial charge in [-0.05, 0) is 44.6 Å². The van der Waals surface area contributed by atoms with Crippen molar-refractivity contribution in [2.45, 2.75) is 52.3 Å². The predicted molar refractivity (Wildman–Crippen MR) is 81.2 cm³/mol. The number of alkyl halides is 1. The number of hydrogen-bond acceptors (Lipinski definition) is 4. The van der Waals surface area contributed by atoms with Crippen molar-refractivity contribution in [3.8, 4) is 5.75 Å². The molecule has 0 amide bonds. The summed E-state index contributed by atoms with van der Waals surface area (Å²) in [7, 11) is 0. The summed E-state index contributed by atoms with van der Waals surface area (Å²) in [6.45, 7) is 3.62. The average molecular weight is 309 g/mol. The third-order valence-electron chi connectivity index (χ3n) is 4.31. The van der Waals surface area contributed by atoms with Gasteiger partial charge in [0, 0.05) is 12.3 Å². The van der Waals surface area contributed by atoms with Crippen LogP contribution in [-0.4, -0.2) is 23.7 Å². The second-order valence-electron chi connectivity index (χ2n) is 5.81. The van der Waals surface area contributed by atoms with Gasteiger partial charge in [-0.25, -0.2) is 4.39 Å². The zero-order valence-corrected chi connectivity index (χ0v) is 13.3. The van der Waals surface area contributed by atoms with E-state index in [1.165, 1.54) is 0 Å². The van der Waals surface area contributed by atoms with Crippen molar-refractivity contribution in [3.63, 3.8) is 0 Å². The van der Waals surface area contributed by atoms with Gasteiger partial charge in [-0.2, -0.15) is 0 Å². The van der Waals surface area contributed by atoms with Crippen LogP contribution < -0.4 is 4.74 Å². The molecule has 2 rings (SSSR count). The van der Waals surface area contributed by atoms with Crippen LogP contribution in [0.3, 0.4) is 0 Å². The van der Waals surface area contributed by atoms with E-state index in [-0.39, 0.29) is 18.0 Å². The second-order valence-corrected chi connectivity index (χ2v) is 5.81. The molecule has 0 radical (unpaired) electrons. The summed E-state index contributed by atoms with van der Waals surface area (Å²) in [5, 5.41) is 0. The van der Waals surface area contributed by atoms with E-state index in [2.05, 4.69) is 4.98 Å². The van der Waals surface area contributed by atoms with Crippen LogP contribution in [0.25, 0.3) is 0 Å². The third kappa shape index (κ3) is 4.42. The lowest BCUT2D eigenvalue weighted by atomic mass is 9.80. The molecule has 122 valence electrons. The fourth-order valence-electron chi connectivity index (χ4n) is 2.97. The molecule has 4 nitrogen and oxygen atoms in total. The standard InChI is InChI=1S/C17H24FNO3/c1-3-21-17(20)12(2)13-4-6-15(7-5-13)22-16-8-9-19-14(10-16)11-18/h8-10,12-13,15H,3-7,11H2,1-2H3/t12?,13-,15-. The first kappa shape index (κ1) is 16.7. The number of esters is 1. The summed E-state index contributed by atoms with van der Waals surface area (Å²) in [5.74, 6) is 0.871. The van der Waals surface area contributed by atoms with Gasteiger partial charge in [-0.1, -0.05) is 6.92 Å². The second kappa shape index (κ2) is 8.11. The Bertz CT molecular complexity index is 487. The number of carbonyl (C=O) groups is 1. The molecule has 1 fully saturated rings. The van der Waals surface area contributed by atoms with E-state index in [1.54, 1.807) is 18.3 Å². The average Bonchev–Trinajstić information content (AvgIpc) is 2.55. The minimum atomic E-state index is -0.582. The lowest BCUT2D eigenvalue weighted by molar-refractivity contribution is -0.150. The Morgan fingerprint density at radius 3 is 2.77 bits per heavy atom. The van der Waals surface area contributed by atoms with Gasteiger partial charge in [0.2, 0.25) is 0 Å². The lowest BCUT2D eigenvalue weighted by Crippen LogP contribution is -2.30. The quantitative estimate of drug-likeness (QED) is 0.752. The zero-order valence-electron chi connectivity index (χ0n) is 13.3. The number of aromatic nitrogens is 1. The van der Waals surface area contributed by atoms with Gasteiger partial charge in [0.05, 0.1) is 24.3 Å². The fourth-order valence-corrected chi connectivity index (χ4v) is 2.97. The van der Waals surface area contributed by atoms with E-state index in [1.807, 2.05) is 13.8 Å². The molecule has 1 aromatic rings. The molecule has 1 aliphatic rings. The first-order valence-corrected chi connectivity index (χ1v) is 7.98. The highest BCUT2D eigenvalue weighted by Crippen LogP contribution is 2.32. The SMILES string of the molecule is CCOC(=O)C(C)[C@H]1CC[C@H](Oc2ccnc(CF)c2)CC1. The molecule has 0 bridgehead atoms. The Hall–Kier alpha value is -1.65. The minimum absolute atomic E-state index is 0.0556. The van der Waals surface area contributed by atoms with Gasteiger partial charge in [0.25, 0.3) is 0 Å². The van der Waals surface area contributed by atoms with Crippen molar-refractivity contribution in [2.75, 3.05) is 6.61 Å². The summed E-state index contributed by atoms with van der Waals surface area (Å²) in [6.07, 6.45) is 5.40. The van der Waals surface area contributed by atoms with Crippen molar-refractivity contribution in [1.29, 1.82) is 0 Å². The molecule has 0 saturated heterocycles. The lowest BCUT2D eigenvalue weighted by Gasteiger charge is -2.31. The van der Waals surface area contributed by atoms with Crippen molar-refractivity contribution in [2.24, 2.45) is 11.8 Å². The minimum Gasteiger partial charge on any atom is -0.490 e. The largest absolute Gasteiger partial charge is 0.490 e.